The van der Waals surface area contributed by atoms with Crippen molar-refractivity contribution in [2.75, 3.05) is 59.0 Å². The summed E-state index contributed by atoms with van der Waals surface area (Å²) in [4.78, 5) is 23.3. The van der Waals surface area contributed by atoms with E-state index < -0.39 is 0 Å². The van der Waals surface area contributed by atoms with Crippen molar-refractivity contribution < 1.29 is 13.9 Å². The highest BCUT2D eigenvalue weighted by molar-refractivity contribution is 5.78. The molecule has 7 heteroatoms. The molecule has 3 heterocycles. The lowest BCUT2D eigenvalue weighted by atomic mass is 9.94. The van der Waals surface area contributed by atoms with E-state index in [0.717, 1.165) is 64.1 Å². The normalized spacial score (nSPS) is 20.8. The first kappa shape index (κ1) is 18.4. The molecule has 0 aliphatic carbocycles. The molecule has 7 nitrogen and oxygen atoms in total. The number of hydrogen-bond donors (Lipinski definition) is 0. The summed E-state index contributed by atoms with van der Waals surface area (Å²) in [6.45, 7) is 14.0. The van der Waals surface area contributed by atoms with E-state index in [4.69, 9.17) is 9.15 Å². The van der Waals surface area contributed by atoms with Gasteiger partial charge in [-0.15, -0.1) is 0 Å². The van der Waals surface area contributed by atoms with Crippen LogP contribution in [-0.4, -0.2) is 84.6 Å². The molecule has 0 aromatic carbocycles. The van der Waals surface area contributed by atoms with Gasteiger partial charge in [0.05, 0.1) is 32.5 Å². The number of amides is 1. The van der Waals surface area contributed by atoms with Crippen molar-refractivity contribution in [2.24, 2.45) is 0 Å². The summed E-state index contributed by atoms with van der Waals surface area (Å²) in [5.41, 5.74) is -0.0180. The second-order valence-corrected chi connectivity index (χ2v) is 7.91. The average molecular weight is 350 g/mol. The Bertz CT molecular complexity index is 567. The molecule has 0 N–H and O–H groups in total. The largest absolute Gasteiger partial charge is 0.444 e. The minimum atomic E-state index is -0.0180. The first-order valence-corrected chi connectivity index (χ1v) is 9.17. The van der Waals surface area contributed by atoms with Gasteiger partial charge in [0.15, 0.2) is 0 Å². The Hall–Kier alpha value is -1.44. The Morgan fingerprint density at radius 1 is 1.08 bits per heavy atom. The number of nitrogens with zero attached hydrogens (tertiary/aromatic N) is 4. The smallest absolute Gasteiger partial charge is 0.236 e. The van der Waals surface area contributed by atoms with Crippen LogP contribution >= 0.6 is 0 Å². The van der Waals surface area contributed by atoms with Crippen molar-refractivity contribution in [1.82, 2.24) is 19.7 Å². The van der Waals surface area contributed by atoms with E-state index in [9.17, 15) is 4.79 Å². The Morgan fingerprint density at radius 3 is 2.36 bits per heavy atom. The van der Waals surface area contributed by atoms with E-state index >= 15 is 0 Å². The molecule has 140 valence electrons. The molecular formula is C18H30N4O3. The summed E-state index contributed by atoms with van der Waals surface area (Å²) in [6.07, 6.45) is 1.83. The number of carbonyl (C=O) groups is 1. The van der Waals surface area contributed by atoms with Crippen LogP contribution < -0.4 is 0 Å². The average Bonchev–Trinajstić information content (AvgIpc) is 3.05. The standard InChI is InChI=1S/C18H30N4O3/c1-18(2,3)15-12-19-16(25-15)13-20-4-6-22(7-5-20)17(23)14-21-8-10-24-11-9-21/h12H,4-11,13-14H2,1-3H3. The summed E-state index contributed by atoms with van der Waals surface area (Å²) >= 11 is 0. The Morgan fingerprint density at radius 2 is 1.76 bits per heavy atom. The van der Waals surface area contributed by atoms with Crippen LogP contribution in [0, 0.1) is 0 Å². The van der Waals surface area contributed by atoms with Crippen molar-refractivity contribution in [2.45, 2.75) is 32.7 Å². The van der Waals surface area contributed by atoms with Crippen LogP contribution in [0.3, 0.4) is 0 Å². The fourth-order valence-corrected chi connectivity index (χ4v) is 3.13. The zero-order valence-electron chi connectivity index (χ0n) is 15.7. The Balaban J connectivity index is 1.43. The Kier molecular flexibility index (Phi) is 5.76. The van der Waals surface area contributed by atoms with E-state index in [2.05, 4.69) is 35.6 Å². The number of rotatable bonds is 4. The number of oxazole rings is 1. The van der Waals surface area contributed by atoms with Crippen LogP contribution in [-0.2, 0) is 21.5 Å². The molecule has 2 aliphatic rings. The quantitative estimate of drug-likeness (QED) is 0.806. The minimum absolute atomic E-state index is 0.0180. The van der Waals surface area contributed by atoms with Crippen molar-refractivity contribution >= 4 is 5.91 Å². The number of hydrogen-bond acceptors (Lipinski definition) is 6. The molecule has 25 heavy (non-hydrogen) atoms. The third kappa shape index (κ3) is 5.03. The molecular weight excluding hydrogens is 320 g/mol. The van der Waals surface area contributed by atoms with Crippen LogP contribution in [0.1, 0.15) is 32.4 Å². The SMILES string of the molecule is CC(C)(C)c1cnc(CN2CCN(C(=O)CN3CCOCC3)CC2)o1. The zero-order chi connectivity index (χ0) is 17.9. The third-order valence-corrected chi connectivity index (χ3v) is 4.84. The molecule has 1 aromatic rings. The van der Waals surface area contributed by atoms with E-state index in [-0.39, 0.29) is 11.3 Å². The topological polar surface area (TPSA) is 62.1 Å². The van der Waals surface area contributed by atoms with Crippen LogP contribution in [0.4, 0.5) is 0 Å². The maximum absolute atomic E-state index is 12.4. The van der Waals surface area contributed by atoms with E-state index in [1.807, 2.05) is 11.1 Å². The van der Waals surface area contributed by atoms with E-state index in [1.54, 1.807) is 0 Å². The van der Waals surface area contributed by atoms with Crippen LogP contribution in [0.5, 0.6) is 0 Å². The molecule has 2 saturated heterocycles. The van der Waals surface area contributed by atoms with Crippen molar-refractivity contribution in [3.63, 3.8) is 0 Å². The zero-order valence-corrected chi connectivity index (χ0v) is 15.7. The maximum Gasteiger partial charge on any atom is 0.236 e. The van der Waals surface area contributed by atoms with Crippen molar-refractivity contribution in [1.29, 1.82) is 0 Å². The van der Waals surface area contributed by atoms with Crippen LogP contribution in [0.15, 0.2) is 10.6 Å². The molecule has 2 fully saturated rings. The third-order valence-electron chi connectivity index (χ3n) is 4.84. The van der Waals surface area contributed by atoms with Gasteiger partial charge in [-0.05, 0) is 0 Å². The molecule has 1 amide bonds. The van der Waals surface area contributed by atoms with Gasteiger partial charge in [0.2, 0.25) is 11.8 Å². The summed E-state index contributed by atoms with van der Waals surface area (Å²) in [5.74, 6) is 1.91. The molecule has 0 saturated carbocycles. The molecule has 0 atom stereocenters. The second kappa shape index (κ2) is 7.85. The molecule has 3 rings (SSSR count). The summed E-state index contributed by atoms with van der Waals surface area (Å²) < 4.78 is 11.2. The number of carbonyl (C=O) groups excluding carboxylic acids is 1. The minimum Gasteiger partial charge on any atom is -0.444 e. The lowest BCUT2D eigenvalue weighted by Crippen LogP contribution is -2.52. The predicted octanol–water partition coefficient (Wildman–Crippen LogP) is 0.949. The first-order valence-electron chi connectivity index (χ1n) is 9.17. The fraction of sp³-hybridized carbons (Fsp3) is 0.778. The molecule has 0 radical (unpaired) electrons. The van der Waals surface area contributed by atoms with Crippen LogP contribution in [0.25, 0.3) is 0 Å². The van der Waals surface area contributed by atoms with Crippen molar-refractivity contribution in [3.8, 4) is 0 Å². The summed E-state index contributed by atoms with van der Waals surface area (Å²) in [6, 6.07) is 0. The van der Waals surface area contributed by atoms with Gasteiger partial charge in [-0.1, -0.05) is 20.8 Å². The van der Waals surface area contributed by atoms with E-state index in [1.165, 1.54) is 0 Å². The Labute approximate surface area is 149 Å². The highest BCUT2D eigenvalue weighted by atomic mass is 16.5. The predicted molar refractivity (Wildman–Crippen MR) is 94.3 cm³/mol. The molecule has 0 spiro atoms. The number of morpholine rings is 1. The van der Waals surface area contributed by atoms with Gasteiger partial charge in [0.25, 0.3) is 0 Å². The molecule has 0 bridgehead atoms. The monoisotopic (exact) mass is 350 g/mol. The van der Waals surface area contributed by atoms with Crippen LogP contribution in [0.2, 0.25) is 0 Å². The van der Waals surface area contributed by atoms with Gasteiger partial charge >= 0.3 is 0 Å². The van der Waals surface area contributed by atoms with Gasteiger partial charge in [-0.3, -0.25) is 14.6 Å². The van der Waals surface area contributed by atoms with E-state index in [0.29, 0.717) is 13.1 Å². The number of piperazine rings is 1. The van der Waals surface area contributed by atoms with Crippen molar-refractivity contribution in [3.05, 3.63) is 17.8 Å². The van der Waals surface area contributed by atoms with Gasteiger partial charge in [-0.25, -0.2) is 4.98 Å². The lowest BCUT2D eigenvalue weighted by Gasteiger charge is -2.35. The first-order chi connectivity index (χ1) is 11.9. The second-order valence-electron chi connectivity index (χ2n) is 7.91. The molecule has 1 aromatic heterocycles. The number of ether oxygens (including phenoxy) is 1. The van der Waals surface area contributed by atoms with Gasteiger partial charge in [0.1, 0.15) is 5.76 Å². The summed E-state index contributed by atoms with van der Waals surface area (Å²) in [7, 11) is 0. The van der Waals surface area contributed by atoms with Gasteiger partial charge in [-0.2, -0.15) is 0 Å². The highest BCUT2D eigenvalue weighted by Gasteiger charge is 2.25. The summed E-state index contributed by atoms with van der Waals surface area (Å²) in [5, 5.41) is 0. The fourth-order valence-electron chi connectivity index (χ4n) is 3.13. The van der Waals surface area contributed by atoms with Gasteiger partial charge in [0, 0.05) is 44.7 Å². The maximum atomic E-state index is 12.4. The number of aromatic nitrogens is 1. The molecule has 2 aliphatic heterocycles. The molecule has 0 unspecified atom stereocenters. The van der Waals surface area contributed by atoms with Gasteiger partial charge < -0.3 is 14.1 Å². The highest BCUT2D eigenvalue weighted by Crippen LogP contribution is 2.23. The lowest BCUT2D eigenvalue weighted by molar-refractivity contribution is -0.135.